The van der Waals surface area contributed by atoms with Crippen LogP contribution < -0.4 is 5.56 Å². The van der Waals surface area contributed by atoms with Crippen LogP contribution in [-0.4, -0.2) is 47.9 Å². The number of carbonyl (C=O) groups is 1. The lowest BCUT2D eigenvalue weighted by molar-refractivity contribution is 0.0784. The fourth-order valence-electron chi connectivity index (χ4n) is 1.41. The molecule has 1 atom stereocenters. The standard InChI is InChI=1S/C11H15BrN2O3/c1-14(6-9(12)7-17-2)11(16)8-3-4-13-10(15)5-8/h3-5,9H,6-7H2,1-2H3,(H,13,15). The SMILES string of the molecule is COCC(Br)CN(C)C(=O)c1cc[nH]c(=O)c1. The molecule has 5 nitrogen and oxygen atoms in total. The Morgan fingerprint density at radius 1 is 1.65 bits per heavy atom. The lowest BCUT2D eigenvalue weighted by Gasteiger charge is -2.20. The second-order valence-electron chi connectivity index (χ2n) is 3.68. The number of hydrogen-bond donors (Lipinski definition) is 1. The van der Waals surface area contributed by atoms with Gasteiger partial charge < -0.3 is 14.6 Å². The molecule has 1 rings (SSSR count). The van der Waals surface area contributed by atoms with Crippen LogP contribution in [0.15, 0.2) is 23.1 Å². The third-order valence-corrected chi connectivity index (χ3v) is 2.74. The summed E-state index contributed by atoms with van der Waals surface area (Å²) in [6, 6.07) is 2.87. The maximum atomic E-state index is 11.9. The fraction of sp³-hybridized carbons (Fsp3) is 0.455. The van der Waals surface area contributed by atoms with Crippen LogP contribution in [0.2, 0.25) is 0 Å². The minimum absolute atomic E-state index is 0.0726. The second-order valence-corrected chi connectivity index (χ2v) is 4.97. The van der Waals surface area contributed by atoms with E-state index in [1.54, 1.807) is 25.1 Å². The van der Waals surface area contributed by atoms with Gasteiger partial charge in [-0.25, -0.2) is 0 Å². The number of methoxy groups -OCH3 is 1. The molecule has 1 aromatic rings. The number of alkyl halides is 1. The normalized spacial score (nSPS) is 12.2. The van der Waals surface area contributed by atoms with E-state index in [2.05, 4.69) is 20.9 Å². The molecule has 0 spiro atoms. The van der Waals surface area contributed by atoms with E-state index in [9.17, 15) is 9.59 Å². The second kappa shape index (κ2) is 6.56. The Labute approximate surface area is 108 Å². The maximum absolute atomic E-state index is 11.9. The largest absolute Gasteiger partial charge is 0.383 e. The number of aromatic nitrogens is 1. The lowest BCUT2D eigenvalue weighted by Crippen LogP contribution is -2.34. The van der Waals surface area contributed by atoms with Crippen LogP contribution in [0, 0.1) is 0 Å². The number of aromatic amines is 1. The molecule has 94 valence electrons. The van der Waals surface area contributed by atoms with Gasteiger partial charge in [0.1, 0.15) is 0 Å². The predicted molar refractivity (Wildman–Crippen MR) is 68.6 cm³/mol. The molecule has 0 fully saturated rings. The van der Waals surface area contributed by atoms with Gasteiger partial charge in [-0.3, -0.25) is 9.59 Å². The summed E-state index contributed by atoms with van der Waals surface area (Å²) >= 11 is 3.41. The molecular formula is C11H15BrN2O3. The van der Waals surface area contributed by atoms with E-state index in [4.69, 9.17) is 4.74 Å². The number of amides is 1. The van der Waals surface area contributed by atoms with Gasteiger partial charge in [0, 0.05) is 38.5 Å². The number of H-pyrrole nitrogens is 1. The van der Waals surface area contributed by atoms with E-state index in [0.29, 0.717) is 18.7 Å². The van der Waals surface area contributed by atoms with Crippen molar-refractivity contribution in [3.63, 3.8) is 0 Å². The summed E-state index contributed by atoms with van der Waals surface area (Å²) in [6.07, 6.45) is 1.46. The summed E-state index contributed by atoms with van der Waals surface area (Å²) < 4.78 is 4.97. The van der Waals surface area contributed by atoms with Crippen molar-refractivity contribution in [2.75, 3.05) is 27.3 Å². The number of nitrogens with zero attached hydrogens (tertiary/aromatic N) is 1. The van der Waals surface area contributed by atoms with Crippen molar-refractivity contribution in [3.05, 3.63) is 34.2 Å². The first-order valence-corrected chi connectivity index (χ1v) is 6.03. The summed E-state index contributed by atoms with van der Waals surface area (Å²) in [6.45, 7) is 1.03. The van der Waals surface area contributed by atoms with Crippen LogP contribution in [0.5, 0.6) is 0 Å². The predicted octanol–water partition coefficient (Wildman–Crippen LogP) is 0.857. The molecule has 0 saturated heterocycles. The van der Waals surface area contributed by atoms with Crippen molar-refractivity contribution in [3.8, 4) is 0 Å². The van der Waals surface area contributed by atoms with Crippen LogP contribution in [0.1, 0.15) is 10.4 Å². The molecule has 0 aliphatic carbocycles. The molecule has 6 heteroatoms. The van der Waals surface area contributed by atoms with Gasteiger partial charge in [-0.15, -0.1) is 0 Å². The van der Waals surface area contributed by atoms with Crippen molar-refractivity contribution in [2.45, 2.75) is 4.83 Å². The first-order chi connectivity index (χ1) is 8.04. The first kappa shape index (κ1) is 13.9. The molecule has 0 radical (unpaired) electrons. The van der Waals surface area contributed by atoms with Gasteiger partial charge in [-0.2, -0.15) is 0 Å². The number of rotatable bonds is 5. The summed E-state index contributed by atoms with van der Waals surface area (Å²) in [5, 5.41) is 0. The fourth-order valence-corrected chi connectivity index (χ4v) is 2.11. The maximum Gasteiger partial charge on any atom is 0.253 e. The Morgan fingerprint density at radius 3 is 2.94 bits per heavy atom. The molecule has 17 heavy (non-hydrogen) atoms. The Morgan fingerprint density at radius 2 is 2.35 bits per heavy atom. The Bertz CT molecular complexity index is 433. The van der Waals surface area contributed by atoms with Crippen molar-refractivity contribution in [1.82, 2.24) is 9.88 Å². The third-order valence-electron chi connectivity index (χ3n) is 2.19. The summed E-state index contributed by atoms with van der Waals surface area (Å²) in [4.78, 5) is 27.1. The van der Waals surface area contributed by atoms with E-state index in [1.807, 2.05) is 0 Å². The number of ether oxygens (including phenoxy) is 1. The Balaban J connectivity index is 2.67. The van der Waals surface area contributed by atoms with Crippen molar-refractivity contribution >= 4 is 21.8 Å². The van der Waals surface area contributed by atoms with E-state index < -0.39 is 0 Å². The molecule has 0 aromatic carbocycles. The number of hydrogen-bond acceptors (Lipinski definition) is 3. The molecule has 1 aromatic heterocycles. The van der Waals surface area contributed by atoms with Crippen LogP contribution in [-0.2, 0) is 4.74 Å². The molecule has 0 bridgehead atoms. The van der Waals surface area contributed by atoms with Crippen LogP contribution in [0.3, 0.4) is 0 Å². The van der Waals surface area contributed by atoms with E-state index in [0.717, 1.165) is 0 Å². The van der Waals surface area contributed by atoms with E-state index in [-0.39, 0.29) is 16.3 Å². The quantitative estimate of drug-likeness (QED) is 0.821. The van der Waals surface area contributed by atoms with Gasteiger partial charge in [-0.05, 0) is 6.07 Å². The van der Waals surface area contributed by atoms with Gasteiger partial charge in [-0.1, -0.05) is 15.9 Å². The molecule has 1 unspecified atom stereocenters. The highest BCUT2D eigenvalue weighted by Gasteiger charge is 2.15. The summed E-state index contributed by atoms with van der Waals surface area (Å²) in [7, 11) is 3.29. The Kier molecular flexibility index (Phi) is 5.37. The van der Waals surface area contributed by atoms with E-state index in [1.165, 1.54) is 12.3 Å². The summed E-state index contributed by atoms with van der Waals surface area (Å²) in [5.41, 5.74) is 0.102. The highest BCUT2D eigenvalue weighted by atomic mass is 79.9. The molecule has 1 heterocycles. The average molecular weight is 303 g/mol. The molecule has 1 amide bonds. The minimum Gasteiger partial charge on any atom is -0.383 e. The number of pyridine rings is 1. The highest BCUT2D eigenvalue weighted by Crippen LogP contribution is 2.05. The Hall–Kier alpha value is -1.14. The highest BCUT2D eigenvalue weighted by molar-refractivity contribution is 9.09. The smallest absolute Gasteiger partial charge is 0.253 e. The van der Waals surface area contributed by atoms with Crippen molar-refractivity contribution in [1.29, 1.82) is 0 Å². The molecular weight excluding hydrogens is 288 g/mol. The zero-order chi connectivity index (χ0) is 12.8. The molecule has 1 N–H and O–H groups in total. The monoisotopic (exact) mass is 302 g/mol. The lowest BCUT2D eigenvalue weighted by atomic mass is 10.2. The van der Waals surface area contributed by atoms with Gasteiger partial charge in [0.15, 0.2) is 0 Å². The summed E-state index contributed by atoms with van der Waals surface area (Å²) in [5.74, 6) is -0.184. The topological polar surface area (TPSA) is 62.4 Å². The van der Waals surface area contributed by atoms with Crippen LogP contribution in [0.25, 0.3) is 0 Å². The van der Waals surface area contributed by atoms with Gasteiger partial charge in [0.2, 0.25) is 5.56 Å². The minimum atomic E-state index is -0.281. The van der Waals surface area contributed by atoms with Crippen molar-refractivity contribution in [2.24, 2.45) is 0 Å². The molecule has 0 aliphatic rings. The number of nitrogens with one attached hydrogen (secondary N) is 1. The molecule has 0 aliphatic heterocycles. The first-order valence-electron chi connectivity index (χ1n) is 5.11. The van der Waals surface area contributed by atoms with E-state index >= 15 is 0 Å². The third kappa shape index (κ3) is 4.32. The van der Waals surface area contributed by atoms with Gasteiger partial charge in [0.25, 0.3) is 5.91 Å². The average Bonchev–Trinajstić information content (AvgIpc) is 2.28. The van der Waals surface area contributed by atoms with Crippen LogP contribution in [0.4, 0.5) is 0 Å². The van der Waals surface area contributed by atoms with Gasteiger partial charge in [0.05, 0.1) is 11.4 Å². The number of halogens is 1. The van der Waals surface area contributed by atoms with Crippen LogP contribution >= 0.6 is 15.9 Å². The van der Waals surface area contributed by atoms with Gasteiger partial charge >= 0.3 is 0 Å². The molecule has 0 saturated carbocycles. The van der Waals surface area contributed by atoms with Crippen molar-refractivity contribution < 1.29 is 9.53 Å². The zero-order valence-corrected chi connectivity index (χ0v) is 11.4. The zero-order valence-electron chi connectivity index (χ0n) is 9.77. The number of carbonyl (C=O) groups excluding carboxylic acids is 1.